The number of aromatic carboxylic acids is 1. The molecule has 0 aliphatic rings. The minimum Gasteiger partial charge on any atom is -0.478 e. The molecule has 0 aliphatic carbocycles. The standard InChI is InChI=1S/C38H54O5S/c1-6-9-10-11-12-13-14-15-16-17-18-19-20-21-22-25-28-44-38(7-2,8-3)35(39)30-32(29-31(4)5)37(42)43-34-27-24-23-26-33(34)36(40)41/h9-10,12-13,15-16,18-19,21-24,26-27,31-32H,6-8,11,14,17,20,25,28-30H2,1-5H3,(H,40,41)/b10-9-,13-12-,16-15-,19-18-,22-21-. The monoisotopic (exact) mass is 622 g/mol. The first-order chi connectivity index (χ1) is 21.2. The molecule has 0 amide bonds. The summed E-state index contributed by atoms with van der Waals surface area (Å²) in [5.74, 6) is -1.27. The molecule has 6 heteroatoms. The molecule has 0 saturated heterocycles. The third kappa shape index (κ3) is 15.6. The fraction of sp³-hybridized carbons (Fsp3) is 0.500. The summed E-state index contributed by atoms with van der Waals surface area (Å²) in [6.45, 7) is 10.2. The number of carbonyl (C=O) groups is 3. The van der Waals surface area contributed by atoms with Gasteiger partial charge in [0.25, 0.3) is 0 Å². The second-order valence-corrected chi connectivity index (χ2v) is 12.7. The number of allylic oxidation sites excluding steroid dienone is 10. The molecule has 44 heavy (non-hydrogen) atoms. The number of rotatable bonds is 23. The Balaban J connectivity index is 2.60. The molecule has 1 unspecified atom stereocenters. The molecule has 0 fully saturated rings. The SMILES string of the molecule is CC/C=C\C/C=C\C/C=C\C/C=C\C/C=C\CCSC(CC)(CC)C(=O)CC(CC(C)C)C(=O)Oc1ccccc1C(=O)O. The van der Waals surface area contributed by atoms with Crippen molar-refractivity contribution in [1.29, 1.82) is 0 Å². The van der Waals surface area contributed by atoms with E-state index in [0.717, 1.165) is 44.3 Å². The lowest BCUT2D eigenvalue weighted by molar-refractivity contribution is -0.142. The van der Waals surface area contributed by atoms with Gasteiger partial charge in [0.05, 0.1) is 10.7 Å². The maximum Gasteiger partial charge on any atom is 0.339 e. The summed E-state index contributed by atoms with van der Waals surface area (Å²) < 4.78 is 4.99. The molecule has 0 spiro atoms. The number of Topliss-reactive ketones (excluding diaryl/α,β-unsaturated/α-hetero) is 1. The Morgan fingerprint density at radius 3 is 1.84 bits per heavy atom. The van der Waals surface area contributed by atoms with E-state index in [1.807, 2.05) is 27.7 Å². The third-order valence-electron chi connectivity index (χ3n) is 7.32. The number of carboxylic acids is 1. The highest BCUT2D eigenvalue weighted by molar-refractivity contribution is 8.01. The predicted molar refractivity (Wildman–Crippen MR) is 186 cm³/mol. The first kappa shape index (κ1) is 38.9. The minimum absolute atomic E-state index is 0.00916. The zero-order valence-electron chi connectivity index (χ0n) is 27.5. The van der Waals surface area contributed by atoms with E-state index in [9.17, 15) is 19.5 Å². The lowest BCUT2D eigenvalue weighted by atomic mass is 9.86. The van der Waals surface area contributed by atoms with Crippen molar-refractivity contribution in [1.82, 2.24) is 0 Å². The molecule has 1 rings (SSSR count). The summed E-state index contributed by atoms with van der Waals surface area (Å²) in [5, 5.41) is 9.46. The first-order valence-corrected chi connectivity index (χ1v) is 17.1. The molecule has 0 bridgehead atoms. The number of hydrogen-bond acceptors (Lipinski definition) is 5. The van der Waals surface area contributed by atoms with Crippen LogP contribution >= 0.6 is 11.8 Å². The van der Waals surface area contributed by atoms with Crippen LogP contribution in [-0.4, -0.2) is 33.3 Å². The van der Waals surface area contributed by atoms with Crippen molar-refractivity contribution < 1.29 is 24.2 Å². The summed E-state index contributed by atoms with van der Waals surface area (Å²) in [6.07, 6.45) is 29.5. The Kier molecular flexibility index (Phi) is 20.6. The Bertz CT molecular complexity index is 1140. The smallest absolute Gasteiger partial charge is 0.339 e. The van der Waals surface area contributed by atoms with E-state index in [2.05, 4.69) is 67.7 Å². The van der Waals surface area contributed by atoms with Crippen molar-refractivity contribution in [3.63, 3.8) is 0 Å². The topological polar surface area (TPSA) is 80.7 Å². The zero-order chi connectivity index (χ0) is 32.6. The Morgan fingerprint density at radius 1 is 0.818 bits per heavy atom. The summed E-state index contributed by atoms with van der Waals surface area (Å²) in [5.41, 5.74) is -0.0717. The quantitative estimate of drug-likeness (QED) is 0.0566. The molecule has 0 saturated carbocycles. The van der Waals surface area contributed by atoms with Gasteiger partial charge in [0, 0.05) is 6.42 Å². The average Bonchev–Trinajstić information content (AvgIpc) is 3.00. The Morgan fingerprint density at radius 2 is 1.34 bits per heavy atom. The van der Waals surface area contributed by atoms with E-state index in [-0.39, 0.29) is 29.4 Å². The molecule has 0 aromatic heterocycles. The zero-order valence-corrected chi connectivity index (χ0v) is 28.3. The third-order valence-corrected chi connectivity index (χ3v) is 9.12. The molecule has 0 radical (unpaired) electrons. The van der Waals surface area contributed by atoms with Crippen molar-refractivity contribution in [2.45, 2.75) is 104 Å². The maximum atomic E-state index is 13.7. The lowest BCUT2D eigenvalue weighted by Crippen LogP contribution is -2.37. The van der Waals surface area contributed by atoms with Crippen LogP contribution in [0.25, 0.3) is 0 Å². The number of carboxylic acid groups (broad SMARTS) is 1. The fourth-order valence-corrected chi connectivity index (χ4v) is 6.08. The number of ether oxygens (including phenoxy) is 1. The number of para-hydroxylation sites is 1. The number of benzene rings is 1. The first-order valence-electron chi connectivity index (χ1n) is 16.2. The van der Waals surface area contributed by atoms with Gasteiger partial charge in [-0.3, -0.25) is 9.59 Å². The van der Waals surface area contributed by atoms with Crippen LogP contribution in [0.3, 0.4) is 0 Å². The van der Waals surface area contributed by atoms with Crippen LogP contribution in [0.1, 0.15) is 109 Å². The van der Waals surface area contributed by atoms with Crippen molar-refractivity contribution in [2.24, 2.45) is 11.8 Å². The van der Waals surface area contributed by atoms with Crippen molar-refractivity contribution >= 4 is 29.5 Å². The Hall–Kier alpha value is -3.12. The molecule has 0 heterocycles. The predicted octanol–water partition coefficient (Wildman–Crippen LogP) is 10.3. The normalized spacial score (nSPS) is 13.3. The van der Waals surface area contributed by atoms with Crippen LogP contribution < -0.4 is 4.74 Å². The highest BCUT2D eigenvalue weighted by Crippen LogP contribution is 2.37. The van der Waals surface area contributed by atoms with E-state index >= 15 is 0 Å². The van der Waals surface area contributed by atoms with Gasteiger partial charge in [-0.15, -0.1) is 11.8 Å². The molecule has 242 valence electrons. The van der Waals surface area contributed by atoms with Crippen LogP contribution in [0.2, 0.25) is 0 Å². The summed E-state index contributed by atoms with van der Waals surface area (Å²) >= 11 is 1.68. The second kappa shape index (κ2) is 23.3. The lowest BCUT2D eigenvalue weighted by Gasteiger charge is -2.31. The Labute approximate surface area is 270 Å². The average molecular weight is 623 g/mol. The molecule has 1 aromatic carbocycles. The van der Waals surface area contributed by atoms with E-state index in [1.54, 1.807) is 23.9 Å². The van der Waals surface area contributed by atoms with Gasteiger partial charge < -0.3 is 9.84 Å². The number of carbonyl (C=O) groups excluding carboxylic acids is 2. The van der Waals surface area contributed by atoms with Gasteiger partial charge in [-0.2, -0.15) is 0 Å². The van der Waals surface area contributed by atoms with E-state index in [1.165, 1.54) is 12.1 Å². The van der Waals surface area contributed by atoms with Crippen molar-refractivity contribution in [2.75, 3.05) is 5.75 Å². The number of ketones is 1. The van der Waals surface area contributed by atoms with Crippen LogP contribution in [-0.2, 0) is 9.59 Å². The van der Waals surface area contributed by atoms with Crippen molar-refractivity contribution in [3.05, 3.63) is 90.6 Å². The van der Waals surface area contributed by atoms with Gasteiger partial charge in [0.2, 0.25) is 0 Å². The largest absolute Gasteiger partial charge is 0.478 e. The van der Waals surface area contributed by atoms with Gasteiger partial charge in [0.15, 0.2) is 0 Å². The van der Waals surface area contributed by atoms with E-state index < -0.39 is 22.6 Å². The van der Waals surface area contributed by atoms with Gasteiger partial charge in [-0.05, 0) is 81.6 Å². The minimum atomic E-state index is -1.16. The number of esters is 1. The highest BCUT2D eigenvalue weighted by atomic mass is 32.2. The molecular formula is C38H54O5S. The maximum absolute atomic E-state index is 13.7. The van der Waals surface area contributed by atoms with E-state index in [4.69, 9.17) is 4.74 Å². The van der Waals surface area contributed by atoms with Crippen molar-refractivity contribution in [3.8, 4) is 5.75 Å². The number of hydrogen-bond donors (Lipinski definition) is 1. The second-order valence-electron chi connectivity index (χ2n) is 11.2. The van der Waals surface area contributed by atoms with Gasteiger partial charge >= 0.3 is 11.9 Å². The van der Waals surface area contributed by atoms with Crippen LogP contribution in [0.15, 0.2) is 85.0 Å². The molecule has 5 nitrogen and oxygen atoms in total. The summed E-state index contributed by atoms with van der Waals surface area (Å²) in [6, 6.07) is 6.09. The fourth-order valence-electron chi connectivity index (χ4n) is 4.79. The van der Waals surface area contributed by atoms with Crippen LogP contribution in [0, 0.1) is 11.8 Å². The van der Waals surface area contributed by atoms with Gasteiger partial charge in [0.1, 0.15) is 17.1 Å². The molecule has 0 aliphatic heterocycles. The summed E-state index contributed by atoms with van der Waals surface area (Å²) in [4.78, 5) is 38.5. The highest BCUT2D eigenvalue weighted by Gasteiger charge is 2.38. The van der Waals surface area contributed by atoms with Gasteiger partial charge in [-0.1, -0.05) is 108 Å². The molecule has 1 atom stereocenters. The van der Waals surface area contributed by atoms with E-state index in [0.29, 0.717) is 19.3 Å². The molecular weight excluding hydrogens is 568 g/mol. The summed E-state index contributed by atoms with van der Waals surface area (Å²) in [7, 11) is 0. The van der Waals surface area contributed by atoms with Crippen LogP contribution in [0.4, 0.5) is 0 Å². The van der Waals surface area contributed by atoms with Gasteiger partial charge in [-0.25, -0.2) is 4.79 Å². The van der Waals surface area contributed by atoms with Crippen LogP contribution in [0.5, 0.6) is 5.75 Å². The number of thioether (sulfide) groups is 1. The molecule has 1 N–H and O–H groups in total. The molecule has 1 aromatic rings.